The quantitative estimate of drug-likeness (QED) is 0.703. The smallest absolute Gasteiger partial charge is 0.336 e. The Bertz CT molecular complexity index is 820. The first kappa shape index (κ1) is 22.2. The van der Waals surface area contributed by atoms with E-state index in [-0.39, 0.29) is 37.4 Å². The average molecular weight is 427 g/mol. The lowest BCUT2D eigenvalue weighted by molar-refractivity contribution is -0.141. The Balaban J connectivity index is 2.47. The Morgan fingerprint density at radius 2 is 1.96 bits per heavy atom. The van der Waals surface area contributed by atoms with Gasteiger partial charge in [-0.1, -0.05) is 29.3 Å². The summed E-state index contributed by atoms with van der Waals surface area (Å²) in [6, 6.07) is 4.96. The van der Waals surface area contributed by atoms with Gasteiger partial charge >= 0.3 is 5.97 Å². The van der Waals surface area contributed by atoms with Crippen LogP contribution in [0.25, 0.3) is 0 Å². The molecule has 1 aliphatic rings. The number of nitrogens with zero attached hydrogens (tertiary/aromatic N) is 1. The Kier molecular flexibility index (Phi) is 7.49. The summed E-state index contributed by atoms with van der Waals surface area (Å²) in [4.78, 5) is 39.0. The normalized spacial score (nSPS) is 17.2. The van der Waals surface area contributed by atoms with Crippen molar-refractivity contribution in [1.82, 2.24) is 10.2 Å². The summed E-state index contributed by atoms with van der Waals surface area (Å²) in [7, 11) is 0. The van der Waals surface area contributed by atoms with Gasteiger partial charge in [0.25, 0.3) is 0 Å². The summed E-state index contributed by atoms with van der Waals surface area (Å²) in [5.74, 6) is -1.58. The summed E-state index contributed by atoms with van der Waals surface area (Å²) in [5.41, 5.74) is 1.44. The van der Waals surface area contributed by atoms with E-state index in [0.29, 0.717) is 26.9 Å². The van der Waals surface area contributed by atoms with Crippen LogP contribution in [-0.2, 0) is 19.1 Å². The molecule has 0 bridgehead atoms. The highest BCUT2D eigenvalue weighted by molar-refractivity contribution is 6.42. The molecule has 0 spiro atoms. The van der Waals surface area contributed by atoms with Crippen molar-refractivity contribution >= 4 is 41.0 Å². The van der Waals surface area contributed by atoms with Gasteiger partial charge in [0.05, 0.1) is 22.2 Å². The van der Waals surface area contributed by atoms with Gasteiger partial charge in [0.2, 0.25) is 11.8 Å². The molecule has 0 saturated heterocycles. The third-order valence-electron chi connectivity index (χ3n) is 4.42. The molecule has 152 valence electrons. The molecule has 1 aliphatic heterocycles. The molecular weight excluding hydrogens is 403 g/mol. The number of hydrogen-bond donors (Lipinski definition) is 1. The Morgan fingerprint density at radius 3 is 2.54 bits per heavy atom. The summed E-state index contributed by atoms with van der Waals surface area (Å²) >= 11 is 12.1. The second-order valence-corrected chi connectivity index (χ2v) is 7.67. The zero-order chi connectivity index (χ0) is 21.0. The van der Waals surface area contributed by atoms with Crippen molar-refractivity contribution in [2.75, 3.05) is 13.2 Å². The largest absolute Gasteiger partial charge is 0.463 e. The maximum Gasteiger partial charge on any atom is 0.336 e. The van der Waals surface area contributed by atoms with Crippen molar-refractivity contribution < 1.29 is 19.1 Å². The van der Waals surface area contributed by atoms with Gasteiger partial charge in [-0.25, -0.2) is 4.79 Å². The average Bonchev–Trinajstić information content (AvgIpc) is 2.60. The molecular formula is C20H24Cl2N2O4. The van der Waals surface area contributed by atoms with Crippen LogP contribution in [0.3, 0.4) is 0 Å². The van der Waals surface area contributed by atoms with Crippen molar-refractivity contribution in [1.29, 1.82) is 0 Å². The van der Waals surface area contributed by atoms with E-state index in [4.69, 9.17) is 27.9 Å². The first-order valence-electron chi connectivity index (χ1n) is 9.08. The molecule has 1 N–H and O–H groups in total. The van der Waals surface area contributed by atoms with Gasteiger partial charge in [0.1, 0.15) is 6.54 Å². The van der Waals surface area contributed by atoms with Crippen LogP contribution in [0, 0.1) is 0 Å². The molecule has 2 rings (SSSR count). The zero-order valence-electron chi connectivity index (χ0n) is 16.3. The van der Waals surface area contributed by atoms with Crippen LogP contribution >= 0.6 is 23.2 Å². The van der Waals surface area contributed by atoms with Gasteiger partial charge in [-0.2, -0.15) is 0 Å². The van der Waals surface area contributed by atoms with Crippen molar-refractivity contribution in [2.24, 2.45) is 0 Å². The highest BCUT2D eigenvalue weighted by Crippen LogP contribution is 2.38. The lowest BCUT2D eigenvalue weighted by atomic mass is 9.83. The molecule has 2 amide bonds. The van der Waals surface area contributed by atoms with E-state index in [1.807, 2.05) is 13.8 Å². The lowest BCUT2D eigenvalue weighted by Gasteiger charge is -2.34. The summed E-state index contributed by atoms with van der Waals surface area (Å²) in [6.07, 6.45) is 0.0262. The number of nitrogens with one attached hydrogen (secondary N) is 1. The van der Waals surface area contributed by atoms with Crippen molar-refractivity contribution in [2.45, 2.75) is 46.1 Å². The summed E-state index contributed by atoms with van der Waals surface area (Å²) < 4.78 is 5.22. The lowest BCUT2D eigenvalue weighted by Crippen LogP contribution is -2.45. The van der Waals surface area contributed by atoms with E-state index in [0.717, 1.165) is 0 Å². The predicted molar refractivity (Wildman–Crippen MR) is 108 cm³/mol. The first-order chi connectivity index (χ1) is 13.1. The minimum absolute atomic E-state index is 0.0262. The molecule has 6 nitrogen and oxygen atoms in total. The number of carbonyl (C=O) groups excluding carboxylic acids is 3. The fourth-order valence-electron chi connectivity index (χ4n) is 3.20. The Morgan fingerprint density at radius 1 is 1.29 bits per heavy atom. The van der Waals surface area contributed by atoms with Crippen molar-refractivity contribution in [3.63, 3.8) is 0 Å². The molecule has 1 atom stereocenters. The van der Waals surface area contributed by atoms with E-state index in [1.54, 1.807) is 32.0 Å². The monoisotopic (exact) mass is 426 g/mol. The number of allylic oxidation sites excluding steroid dienone is 1. The number of hydrogen-bond acceptors (Lipinski definition) is 4. The molecule has 28 heavy (non-hydrogen) atoms. The maximum atomic E-state index is 12.8. The van der Waals surface area contributed by atoms with Crippen molar-refractivity contribution in [3.05, 3.63) is 45.1 Å². The van der Waals surface area contributed by atoms with Gasteiger partial charge in [0.15, 0.2) is 0 Å². The molecule has 0 fully saturated rings. The molecule has 0 aromatic heterocycles. The number of amides is 2. The standard InChI is InChI=1S/C20H24Cl2N2O4/c1-5-28-20(27)19-12(4)24(10-17(25)23-11(2)3)18(26)9-14(19)13-6-7-15(21)16(22)8-13/h6-8,11,14H,5,9-10H2,1-4H3,(H,23,25). The minimum atomic E-state index is -0.522. The fourth-order valence-corrected chi connectivity index (χ4v) is 3.51. The molecule has 1 unspecified atom stereocenters. The molecule has 1 aromatic carbocycles. The first-order valence-corrected chi connectivity index (χ1v) is 9.83. The maximum absolute atomic E-state index is 12.8. The fraction of sp³-hybridized carbons (Fsp3) is 0.450. The van der Waals surface area contributed by atoms with Gasteiger partial charge in [0, 0.05) is 24.1 Å². The topological polar surface area (TPSA) is 75.7 Å². The molecule has 0 saturated carbocycles. The van der Waals surface area contributed by atoms with Crippen molar-refractivity contribution in [3.8, 4) is 0 Å². The SMILES string of the molecule is CCOC(=O)C1=C(C)N(CC(=O)NC(C)C)C(=O)CC1c1ccc(Cl)c(Cl)c1. The number of benzene rings is 1. The van der Waals surface area contributed by atoms with Crippen LogP contribution in [-0.4, -0.2) is 41.9 Å². The second kappa shape index (κ2) is 9.43. The number of ether oxygens (including phenoxy) is 1. The molecule has 1 aromatic rings. The minimum Gasteiger partial charge on any atom is -0.463 e. The van der Waals surface area contributed by atoms with Crippen LogP contribution in [0.15, 0.2) is 29.5 Å². The highest BCUT2D eigenvalue weighted by atomic mass is 35.5. The molecule has 0 aliphatic carbocycles. The second-order valence-electron chi connectivity index (χ2n) is 6.85. The Hall–Kier alpha value is -2.05. The predicted octanol–water partition coefficient (Wildman–Crippen LogP) is 3.67. The summed E-state index contributed by atoms with van der Waals surface area (Å²) in [5, 5.41) is 3.48. The van der Waals surface area contributed by atoms with E-state index in [1.165, 1.54) is 4.90 Å². The molecule has 1 heterocycles. The van der Waals surface area contributed by atoms with Crippen LogP contribution in [0.2, 0.25) is 10.0 Å². The van der Waals surface area contributed by atoms with E-state index in [9.17, 15) is 14.4 Å². The van der Waals surface area contributed by atoms with Crippen LogP contribution < -0.4 is 5.32 Å². The number of esters is 1. The third kappa shape index (κ3) is 5.06. The summed E-state index contributed by atoms with van der Waals surface area (Å²) in [6.45, 7) is 7.08. The number of carbonyl (C=O) groups is 3. The Labute approximate surface area is 174 Å². The van der Waals surface area contributed by atoms with Crippen LogP contribution in [0.1, 0.15) is 45.6 Å². The van der Waals surface area contributed by atoms with E-state index < -0.39 is 11.9 Å². The third-order valence-corrected chi connectivity index (χ3v) is 5.15. The number of halogens is 2. The van der Waals surface area contributed by atoms with E-state index >= 15 is 0 Å². The molecule has 8 heteroatoms. The molecule has 0 radical (unpaired) electrons. The van der Waals surface area contributed by atoms with Crippen LogP contribution in [0.4, 0.5) is 0 Å². The zero-order valence-corrected chi connectivity index (χ0v) is 17.9. The number of rotatable bonds is 6. The van der Waals surface area contributed by atoms with Gasteiger partial charge in [-0.05, 0) is 45.4 Å². The van der Waals surface area contributed by atoms with Crippen LogP contribution in [0.5, 0.6) is 0 Å². The van der Waals surface area contributed by atoms with Gasteiger partial charge < -0.3 is 15.0 Å². The van der Waals surface area contributed by atoms with E-state index in [2.05, 4.69) is 5.32 Å². The van der Waals surface area contributed by atoms with Gasteiger partial charge in [-0.3, -0.25) is 9.59 Å². The van der Waals surface area contributed by atoms with Gasteiger partial charge in [-0.15, -0.1) is 0 Å². The highest BCUT2D eigenvalue weighted by Gasteiger charge is 2.37.